The molecule has 0 spiro atoms. The van der Waals surface area contributed by atoms with E-state index in [-0.39, 0.29) is 0 Å². The zero-order valence-electron chi connectivity index (χ0n) is 26.0. The van der Waals surface area contributed by atoms with Crippen molar-refractivity contribution in [3.8, 4) is 11.5 Å². The fraction of sp³-hybridized carbons (Fsp3) is 0.647. The van der Waals surface area contributed by atoms with Gasteiger partial charge in [0.15, 0.2) is 0 Å². The maximum atomic E-state index is 12.8. The van der Waals surface area contributed by atoms with Crippen LogP contribution in [0.3, 0.4) is 0 Å². The summed E-state index contributed by atoms with van der Waals surface area (Å²) in [6.45, 7) is 7.66. The van der Waals surface area contributed by atoms with Crippen molar-refractivity contribution in [3.05, 3.63) is 59.7 Å². The molecule has 7 heteroatoms. The number of hydrogen-bond acceptors (Lipinski definition) is 5. The number of hydrogen-bond donors (Lipinski definition) is 1. The van der Waals surface area contributed by atoms with Crippen LogP contribution in [0.2, 0.25) is 0 Å². The van der Waals surface area contributed by atoms with Crippen LogP contribution in [0.4, 0.5) is 0 Å². The van der Waals surface area contributed by atoms with E-state index < -0.39 is 20.4 Å². The summed E-state index contributed by atoms with van der Waals surface area (Å²) < 4.78 is 35.3. The van der Waals surface area contributed by atoms with Crippen molar-refractivity contribution in [2.75, 3.05) is 0 Å². The van der Waals surface area contributed by atoms with Crippen molar-refractivity contribution in [1.29, 1.82) is 0 Å². The average Bonchev–Trinajstić information content (AvgIpc) is 2.93. The van der Waals surface area contributed by atoms with E-state index in [0.717, 1.165) is 36.8 Å². The van der Waals surface area contributed by atoms with E-state index >= 15 is 0 Å². The predicted molar refractivity (Wildman–Crippen MR) is 168 cm³/mol. The lowest BCUT2D eigenvalue weighted by atomic mass is 10.0. The Morgan fingerprint density at radius 1 is 0.585 bits per heavy atom. The topological polar surface area (TPSA) is 74.2 Å². The van der Waals surface area contributed by atoms with E-state index in [9.17, 15) is 9.46 Å². The Labute approximate surface area is 249 Å². The molecule has 0 heterocycles. The summed E-state index contributed by atoms with van der Waals surface area (Å²) in [7, 11) is -4.44. The van der Waals surface area contributed by atoms with Crippen LogP contribution in [0.1, 0.15) is 129 Å². The first-order chi connectivity index (χ1) is 19.8. The zero-order chi connectivity index (χ0) is 29.8. The van der Waals surface area contributed by atoms with Gasteiger partial charge in [0.2, 0.25) is 12.6 Å². The number of phosphoric acid groups is 1. The Kier molecular flexibility index (Phi) is 18.0. The molecule has 0 radical (unpaired) electrons. The lowest BCUT2D eigenvalue weighted by molar-refractivity contribution is -0.0501. The molecule has 0 aliphatic carbocycles. The van der Waals surface area contributed by atoms with Gasteiger partial charge in [0, 0.05) is 0 Å². The molecule has 0 fully saturated rings. The van der Waals surface area contributed by atoms with Gasteiger partial charge in [-0.05, 0) is 62.8 Å². The van der Waals surface area contributed by atoms with Gasteiger partial charge < -0.3 is 14.4 Å². The molecule has 2 aromatic rings. The fourth-order valence-electron chi connectivity index (χ4n) is 5.00. The molecular formula is C34H55O6P. The maximum absolute atomic E-state index is 12.8. The minimum absolute atomic E-state index is 0.662. The Hall–Kier alpha value is -1.85. The van der Waals surface area contributed by atoms with Crippen molar-refractivity contribution in [1.82, 2.24) is 0 Å². The molecule has 2 rings (SSSR count). The lowest BCUT2D eigenvalue weighted by Gasteiger charge is -2.23. The minimum atomic E-state index is -4.44. The normalized spacial score (nSPS) is 14.4. The van der Waals surface area contributed by atoms with E-state index in [4.69, 9.17) is 18.5 Å². The highest BCUT2D eigenvalue weighted by Crippen LogP contribution is 2.46. The van der Waals surface area contributed by atoms with Crippen LogP contribution in [0.15, 0.2) is 48.5 Å². The van der Waals surface area contributed by atoms with E-state index in [1.54, 1.807) is 13.8 Å². The fourth-order valence-corrected chi connectivity index (χ4v) is 5.88. The van der Waals surface area contributed by atoms with Gasteiger partial charge in [0.05, 0.1) is 0 Å². The maximum Gasteiger partial charge on any atom is 0.478 e. The number of rotatable bonds is 24. The first kappa shape index (κ1) is 35.3. The number of para-hydroxylation sites is 2. The Morgan fingerprint density at radius 2 is 0.927 bits per heavy atom. The SMILES string of the molecule is CCCCCCCCCc1ccccc1OC(C)OP(=O)(O)OC(C)Oc1ccccc1CCCCCCCCC. The quantitative estimate of drug-likeness (QED) is 0.0745. The van der Waals surface area contributed by atoms with E-state index in [1.165, 1.54) is 77.0 Å². The number of aryl methyl sites for hydroxylation is 2. The van der Waals surface area contributed by atoms with Crippen LogP contribution in [0.5, 0.6) is 11.5 Å². The third kappa shape index (κ3) is 15.8. The van der Waals surface area contributed by atoms with E-state index in [0.29, 0.717) is 11.5 Å². The number of benzene rings is 2. The standard InChI is InChI=1S/C34H55O6P/c1-5-7-9-11-13-15-17-23-31-25-19-21-27-33(31)37-29(3)39-41(35,36)40-30(4)38-34-28-22-20-26-32(34)24-18-16-14-12-10-8-6-2/h19-22,25-30H,5-18,23-24H2,1-4H3,(H,35,36). The van der Waals surface area contributed by atoms with Crippen molar-refractivity contribution in [2.24, 2.45) is 0 Å². The molecule has 2 unspecified atom stereocenters. The highest BCUT2D eigenvalue weighted by atomic mass is 31.2. The first-order valence-electron chi connectivity index (χ1n) is 16.0. The number of ether oxygens (including phenoxy) is 2. The molecule has 0 saturated carbocycles. The zero-order valence-corrected chi connectivity index (χ0v) is 26.9. The van der Waals surface area contributed by atoms with Gasteiger partial charge >= 0.3 is 7.82 Å². The summed E-state index contributed by atoms with van der Waals surface area (Å²) in [5.74, 6) is 1.32. The monoisotopic (exact) mass is 590 g/mol. The highest BCUT2D eigenvalue weighted by molar-refractivity contribution is 7.47. The minimum Gasteiger partial charge on any atom is -0.464 e. The van der Waals surface area contributed by atoms with Crippen LogP contribution < -0.4 is 9.47 Å². The molecule has 41 heavy (non-hydrogen) atoms. The van der Waals surface area contributed by atoms with Crippen LogP contribution in [0.25, 0.3) is 0 Å². The molecular weight excluding hydrogens is 535 g/mol. The summed E-state index contributed by atoms with van der Waals surface area (Å²) in [5, 5.41) is 0. The van der Waals surface area contributed by atoms with E-state index in [2.05, 4.69) is 13.8 Å². The summed E-state index contributed by atoms with van der Waals surface area (Å²) in [6, 6.07) is 15.6. The van der Waals surface area contributed by atoms with Gasteiger partial charge in [-0.1, -0.05) is 127 Å². The van der Waals surface area contributed by atoms with E-state index in [1.807, 2.05) is 48.5 Å². The van der Waals surface area contributed by atoms with Crippen molar-refractivity contribution in [3.63, 3.8) is 0 Å². The molecule has 0 aromatic heterocycles. The summed E-state index contributed by atoms with van der Waals surface area (Å²) in [6.07, 6.45) is 17.2. The lowest BCUT2D eigenvalue weighted by Crippen LogP contribution is -2.21. The van der Waals surface area contributed by atoms with Gasteiger partial charge in [0.1, 0.15) is 11.5 Å². The summed E-state index contributed by atoms with van der Waals surface area (Å²) >= 11 is 0. The van der Waals surface area contributed by atoms with Crippen LogP contribution in [-0.2, 0) is 26.5 Å². The summed E-state index contributed by atoms with van der Waals surface area (Å²) in [4.78, 5) is 10.4. The Bertz CT molecular complexity index is 921. The molecule has 0 aliphatic heterocycles. The van der Waals surface area contributed by atoms with Gasteiger partial charge in [-0.3, -0.25) is 0 Å². The van der Waals surface area contributed by atoms with Gasteiger partial charge in [0.25, 0.3) is 0 Å². The van der Waals surface area contributed by atoms with Crippen LogP contribution in [0, 0.1) is 0 Å². The third-order valence-electron chi connectivity index (χ3n) is 7.19. The van der Waals surface area contributed by atoms with Crippen molar-refractivity contribution >= 4 is 7.82 Å². The molecule has 0 amide bonds. The average molecular weight is 591 g/mol. The molecule has 0 bridgehead atoms. The highest BCUT2D eigenvalue weighted by Gasteiger charge is 2.29. The second-order valence-electron chi connectivity index (χ2n) is 11.0. The Morgan fingerprint density at radius 3 is 1.32 bits per heavy atom. The second kappa shape index (κ2) is 20.9. The van der Waals surface area contributed by atoms with Gasteiger partial charge in [-0.25, -0.2) is 13.6 Å². The largest absolute Gasteiger partial charge is 0.478 e. The van der Waals surface area contributed by atoms with Gasteiger partial charge in [-0.2, -0.15) is 0 Å². The second-order valence-corrected chi connectivity index (χ2v) is 12.4. The molecule has 1 N–H and O–H groups in total. The van der Waals surface area contributed by atoms with Crippen molar-refractivity contribution in [2.45, 2.75) is 143 Å². The molecule has 6 nitrogen and oxygen atoms in total. The number of phosphoric ester groups is 1. The molecule has 2 atom stereocenters. The molecule has 2 aromatic carbocycles. The molecule has 0 saturated heterocycles. The summed E-state index contributed by atoms with van der Waals surface area (Å²) in [5.41, 5.74) is 2.14. The van der Waals surface area contributed by atoms with Crippen LogP contribution >= 0.6 is 7.82 Å². The first-order valence-corrected chi connectivity index (χ1v) is 17.5. The molecule has 0 aliphatic rings. The molecule has 232 valence electrons. The predicted octanol–water partition coefficient (Wildman–Crippen LogP) is 10.6. The third-order valence-corrected chi connectivity index (χ3v) is 8.32. The van der Waals surface area contributed by atoms with Crippen molar-refractivity contribution < 1.29 is 28.0 Å². The Balaban J connectivity index is 1.80. The smallest absolute Gasteiger partial charge is 0.464 e. The number of unbranched alkanes of at least 4 members (excludes halogenated alkanes) is 12. The van der Waals surface area contributed by atoms with Gasteiger partial charge in [-0.15, -0.1) is 0 Å². The van der Waals surface area contributed by atoms with Crippen LogP contribution in [-0.4, -0.2) is 17.5 Å².